The van der Waals surface area contributed by atoms with Crippen LogP contribution < -0.4 is 5.73 Å². The van der Waals surface area contributed by atoms with Crippen molar-refractivity contribution in [3.63, 3.8) is 0 Å². The molecule has 1 nitrogen and oxygen atoms in total. The summed E-state index contributed by atoms with van der Waals surface area (Å²) in [7, 11) is 0. The summed E-state index contributed by atoms with van der Waals surface area (Å²) in [6, 6.07) is 8.69. The van der Waals surface area contributed by atoms with Gasteiger partial charge in [0.15, 0.2) is 0 Å². The predicted octanol–water partition coefficient (Wildman–Crippen LogP) is 2.99. The molecule has 0 aliphatic heterocycles. The van der Waals surface area contributed by atoms with Crippen LogP contribution >= 0.6 is 35.0 Å². The monoisotopic (exact) mass is 311 g/mol. The van der Waals surface area contributed by atoms with E-state index in [0.717, 1.165) is 19.4 Å². The molecule has 2 N–H and O–H groups in total. The lowest BCUT2D eigenvalue weighted by Crippen LogP contribution is -1.98. The quantitative estimate of drug-likeness (QED) is 0.671. The van der Waals surface area contributed by atoms with Gasteiger partial charge >= 0.3 is 0 Å². The first-order valence-corrected chi connectivity index (χ1v) is 5.35. The second-order valence-corrected chi connectivity index (χ2v) is 4.12. The zero-order valence-electron chi connectivity index (χ0n) is 7.50. The van der Waals surface area contributed by atoms with Gasteiger partial charge in [-0.25, -0.2) is 0 Å². The van der Waals surface area contributed by atoms with Crippen LogP contribution in [0.15, 0.2) is 24.3 Å². The molecule has 0 unspecified atom stereocenters. The zero-order chi connectivity index (χ0) is 8.81. The highest BCUT2D eigenvalue weighted by atomic mass is 127. The van der Waals surface area contributed by atoms with E-state index in [4.69, 9.17) is 5.73 Å². The lowest BCUT2D eigenvalue weighted by Gasteiger charge is -1.99. The van der Waals surface area contributed by atoms with E-state index in [2.05, 4.69) is 46.9 Å². The minimum Gasteiger partial charge on any atom is -0.330 e. The summed E-state index contributed by atoms with van der Waals surface area (Å²) in [5, 5.41) is 0. The Morgan fingerprint density at radius 3 is 2.23 bits per heavy atom. The topological polar surface area (TPSA) is 26.0 Å². The SMILES string of the molecule is Cl.NCCCCc1ccc(I)cc1. The fraction of sp³-hybridized carbons (Fsp3) is 0.400. The molecule has 1 rings (SSSR count). The van der Waals surface area contributed by atoms with Gasteiger partial charge in [0.2, 0.25) is 0 Å². The fourth-order valence-corrected chi connectivity index (χ4v) is 1.48. The van der Waals surface area contributed by atoms with Gasteiger partial charge in [0.05, 0.1) is 0 Å². The maximum absolute atomic E-state index is 5.42. The van der Waals surface area contributed by atoms with Gasteiger partial charge in [-0.05, 0) is 66.1 Å². The van der Waals surface area contributed by atoms with E-state index in [1.54, 1.807) is 0 Å². The molecule has 0 heterocycles. The molecule has 1 aromatic carbocycles. The van der Waals surface area contributed by atoms with Gasteiger partial charge in [-0.3, -0.25) is 0 Å². The zero-order valence-corrected chi connectivity index (χ0v) is 10.5. The molecule has 0 aliphatic rings. The van der Waals surface area contributed by atoms with Crippen molar-refractivity contribution in [2.45, 2.75) is 19.3 Å². The van der Waals surface area contributed by atoms with Gasteiger partial charge in [0.25, 0.3) is 0 Å². The van der Waals surface area contributed by atoms with E-state index < -0.39 is 0 Å². The number of hydrogen-bond donors (Lipinski definition) is 1. The highest BCUT2D eigenvalue weighted by Crippen LogP contribution is 2.08. The van der Waals surface area contributed by atoms with Crippen molar-refractivity contribution in [1.29, 1.82) is 0 Å². The van der Waals surface area contributed by atoms with Crippen LogP contribution in [0.1, 0.15) is 18.4 Å². The molecule has 0 atom stereocenters. The molecule has 13 heavy (non-hydrogen) atoms. The third kappa shape index (κ3) is 5.49. The molecule has 0 radical (unpaired) electrons. The largest absolute Gasteiger partial charge is 0.330 e. The summed E-state index contributed by atoms with van der Waals surface area (Å²) in [5.74, 6) is 0. The van der Waals surface area contributed by atoms with E-state index in [0.29, 0.717) is 0 Å². The van der Waals surface area contributed by atoms with Gasteiger partial charge in [0.1, 0.15) is 0 Å². The van der Waals surface area contributed by atoms with Crippen molar-refractivity contribution in [1.82, 2.24) is 0 Å². The smallest absolute Gasteiger partial charge is 0.0130 e. The summed E-state index contributed by atoms with van der Waals surface area (Å²) < 4.78 is 1.30. The Morgan fingerprint density at radius 1 is 1.08 bits per heavy atom. The van der Waals surface area contributed by atoms with Crippen LogP contribution in [0, 0.1) is 3.57 Å². The van der Waals surface area contributed by atoms with Crippen LogP contribution in [-0.4, -0.2) is 6.54 Å². The lowest BCUT2D eigenvalue weighted by atomic mass is 10.1. The van der Waals surface area contributed by atoms with Crippen molar-refractivity contribution in [3.05, 3.63) is 33.4 Å². The molecule has 0 aliphatic carbocycles. The third-order valence-corrected chi connectivity index (χ3v) is 2.55. The van der Waals surface area contributed by atoms with Crippen LogP contribution in [0.25, 0.3) is 0 Å². The number of aryl methyl sites for hydroxylation is 1. The Labute approximate surface area is 99.6 Å². The molecular weight excluding hydrogens is 296 g/mol. The van der Waals surface area contributed by atoms with Gasteiger partial charge in [-0.2, -0.15) is 0 Å². The Hall–Kier alpha value is 0.200. The Morgan fingerprint density at radius 2 is 1.69 bits per heavy atom. The van der Waals surface area contributed by atoms with E-state index in [1.165, 1.54) is 15.6 Å². The molecule has 1 aromatic rings. The minimum absolute atomic E-state index is 0. The van der Waals surface area contributed by atoms with Crippen LogP contribution in [0.2, 0.25) is 0 Å². The average Bonchev–Trinajstić information content (AvgIpc) is 2.09. The van der Waals surface area contributed by atoms with Crippen LogP contribution in [0.3, 0.4) is 0 Å². The Bertz CT molecular complexity index is 223. The number of unbranched alkanes of at least 4 members (excludes halogenated alkanes) is 1. The molecule has 0 saturated heterocycles. The van der Waals surface area contributed by atoms with Crippen molar-refractivity contribution in [2.24, 2.45) is 5.73 Å². The van der Waals surface area contributed by atoms with Crippen LogP contribution in [0.4, 0.5) is 0 Å². The summed E-state index contributed by atoms with van der Waals surface area (Å²) >= 11 is 2.32. The third-order valence-electron chi connectivity index (χ3n) is 1.83. The molecular formula is C10H15ClIN. The standard InChI is InChI=1S/C10H14IN.ClH/c11-10-6-4-9(5-7-10)3-1-2-8-12;/h4-7H,1-3,8,12H2;1H. The van der Waals surface area contributed by atoms with Crippen LogP contribution in [0.5, 0.6) is 0 Å². The Balaban J connectivity index is 0.00000144. The maximum atomic E-state index is 5.42. The molecule has 0 aromatic heterocycles. The van der Waals surface area contributed by atoms with Gasteiger partial charge < -0.3 is 5.73 Å². The average molecular weight is 312 g/mol. The normalized spacial score (nSPS) is 9.38. The van der Waals surface area contributed by atoms with Crippen molar-refractivity contribution >= 4 is 35.0 Å². The second kappa shape index (κ2) is 7.59. The number of halogens is 2. The Kier molecular flexibility index (Phi) is 7.71. The van der Waals surface area contributed by atoms with Gasteiger partial charge in [0, 0.05) is 3.57 Å². The number of rotatable bonds is 4. The minimum atomic E-state index is 0. The maximum Gasteiger partial charge on any atom is 0.0130 e. The second-order valence-electron chi connectivity index (χ2n) is 2.87. The first kappa shape index (κ1) is 13.2. The van der Waals surface area contributed by atoms with E-state index in [1.807, 2.05) is 0 Å². The van der Waals surface area contributed by atoms with Gasteiger partial charge in [-0.1, -0.05) is 12.1 Å². The summed E-state index contributed by atoms with van der Waals surface area (Å²) in [5.41, 5.74) is 6.84. The first-order chi connectivity index (χ1) is 5.83. The van der Waals surface area contributed by atoms with E-state index >= 15 is 0 Å². The molecule has 0 fully saturated rings. The number of hydrogen-bond acceptors (Lipinski definition) is 1. The molecule has 0 saturated carbocycles. The highest BCUT2D eigenvalue weighted by molar-refractivity contribution is 14.1. The molecule has 0 amide bonds. The lowest BCUT2D eigenvalue weighted by molar-refractivity contribution is 0.745. The first-order valence-electron chi connectivity index (χ1n) is 4.27. The summed E-state index contributed by atoms with van der Waals surface area (Å²) in [6.45, 7) is 0.810. The van der Waals surface area contributed by atoms with E-state index in [-0.39, 0.29) is 12.4 Å². The van der Waals surface area contributed by atoms with Crippen molar-refractivity contribution < 1.29 is 0 Å². The summed E-state index contributed by atoms with van der Waals surface area (Å²) in [6.07, 6.45) is 3.50. The predicted molar refractivity (Wildman–Crippen MR) is 68.4 cm³/mol. The number of nitrogens with two attached hydrogens (primary N) is 1. The molecule has 0 spiro atoms. The van der Waals surface area contributed by atoms with E-state index in [9.17, 15) is 0 Å². The molecule has 74 valence electrons. The van der Waals surface area contributed by atoms with Crippen LogP contribution in [-0.2, 0) is 6.42 Å². The molecule has 0 bridgehead atoms. The van der Waals surface area contributed by atoms with Crippen molar-refractivity contribution in [2.75, 3.05) is 6.54 Å². The highest BCUT2D eigenvalue weighted by Gasteiger charge is 1.92. The summed E-state index contributed by atoms with van der Waals surface area (Å²) in [4.78, 5) is 0. The van der Waals surface area contributed by atoms with Gasteiger partial charge in [-0.15, -0.1) is 12.4 Å². The van der Waals surface area contributed by atoms with Crippen molar-refractivity contribution in [3.8, 4) is 0 Å². The molecule has 3 heteroatoms. The number of benzene rings is 1. The fourth-order valence-electron chi connectivity index (χ4n) is 1.12.